The molecule has 136 valence electrons. The van der Waals surface area contributed by atoms with Gasteiger partial charge < -0.3 is 14.3 Å². The van der Waals surface area contributed by atoms with Gasteiger partial charge in [-0.05, 0) is 40.0 Å². The molecule has 0 radical (unpaired) electrons. The first-order valence-corrected chi connectivity index (χ1v) is 8.17. The number of ether oxygens (including phenoxy) is 2. The number of nitrogens with zero attached hydrogens (tertiary/aromatic N) is 1. The van der Waals surface area contributed by atoms with E-state index in [0.717, 1.165) is 19.3 Å². The normalized spacial score (nSPS) is 13.7. The Balaban J connectivity index is 0. The van der Waals surface area contributed by atoms with Crippen LogP contribution in [0.25, 0.3) is 0 Å². The second kappa shape index (κ2) is 15.2. The van der Waals surface area contributed by atoms with Crippen LogP contribution in [-0.2, 0) is 23.9 Å². The van der Waals surface area contributed by atoms with Crippen LogP contribution in [-0.4, -0.2) is 30.3 Å². The van der Waals surface area contributed by atoms with Gasteiger partial charge in [-0.2, -0.15) is 0 Å². The fourth-order valence-corrected chi connectivity index (χ4v) is 1.09. The van der Waals surface area contributed by atoms with Crippen LogP contribution in [0.2, 0.25) is 0 Å². The predicted molar refractivity (Wildman–Crippen MR) is 87.6 cm³/mol. The number of carbonyl (C=O) groups excluding carboxylic acids is 2. The van der Waals surface area contributed by atoms with E-state index >= 15 is 0 Å². The van der Waals surface area contributed by atoms with E-state index in [1.165, 1.54) is 0 Å². The van der Waals surface area contributed by atoms with E-state index < -0.39 is 0 Å². The molecule has 0 aromatic carbocycles. The lowest BCUT2D eigenvalue weighted by Gasteiger charge is -2.12. The summed E-state index contributed by atoms with van der Waals surface area (Å²) in [5.41, 5.74) is 0. The Morgan fingerprint density at radius 2 is 1.13 bits per heavy atom. The van der Waals surface area contributed by atoms with Gasteiger partial charge in [0, 0.05) is 0 Å². The smallest absolute Gasteiger partial charge is 0.306 e. The van der Waals surface area contributed by atoms with Crippen molar-refractivity contribution in [3.63, 3.8) is 0 Å². The van der Waals surface area contributed by atoms with Crippen molar-refractivity contribution in [3.05, 3.63) is 4.91 Å². The summed E-state index contributed by atoms with van der Waals surface area (Å²) in [6, 6.07) is 0. The molecule has 0 saturated carbocycles. The van der Waals surface area contributed by atoms with Gasteiger partial charge in [0.2, 0.25) is 0 Å². The Kier molecular flexibility index (Phi) is 15.6. The summed E-state index contributed by atoms with van der Waals surface area (Å²) >= 11 is 0. The monoisotopic (exact) mass is 333 g/mol. The maximum atomic E-state index is 11.2. The second-order valence-electron chi connectivity index (χ2n) is 5.32. The van der Waals surface area contributed by atoms with E-state index in [1.54, 1.807) is 6.92 Å². The van der Waals surface area contributed by atoms with Crippen molar-refractivity contribution in [3.8, 4) is 0 Å². The first-order chi connectivity index (χ1) is 10.8. The molecule has 0 aliphatic heterocycles. The van der Waals surface area contributed by atoms with Crippen LogP contribution >= 0.6 is 0 Å². The third-order valence-corrected chi connectivity index (χ3v) is 3.15. The van der Waals surface area contributed by atoms with Crippen molar-refractivity contribution in [2.24, 2.45) is 5.34 Å². The minimum absolute atomic E-state index is 0.0301. The SMILES string of the molecule is CCC(C)OC(=O)CCC(=O)OC(C)CC.CCC(C)ON=O. The Morgan fingerprint density at radius 3 is 1.35 bits per heavy atom. The molecule has 0 aliphatic carbocycles. The summed E-state index contributed by atoms with van der Waals surface area (Å²) < 4.78 is 10.1. The lowest BCUT2D eigenvalue weighted by molar-refractivity contribution is -0.155. The van der Waals surface area contributed by atoms with Crippen LogP contribution in [0.4, 0.5) is 0 Å². The van der Waals surface area contributed by atoms with Crippen molar-refractivity contribution in [2.75, 3.05) is 0 Å². The van der Waals surface area contributed by atoms with Gasteiger partial charge in [0.25, 0.3) is 0 Å². The van der Waals surface area contributed by atoms with Crippen LogP contribution in [0.5, 0.6) is 0 Å². The van der Waals surface area contributed by atoms with Crippen LogP contribution in [0.3, 0.4) is 0 Å². The lowest BCUT2D eigenvalue weighted by Crippen LogP contribution is -2.18. The molecule has 0 bridgehead atoms. The van der Waals surface area contributed by atoms with Gasteiger partial charge in [-0.3, -0.25) is 9.59 Å². The standard InChI is InChI=1S/C12H22O4.C4H9NO2/c1-5-9(3)15-11(13)7-8-12(14)16-10(4)6-2;1-3-4(2)7-5-6/h9-10H,5-8H2,1-4H3;4H,3H2,1-2H3. The summed E-state index contributed by atoms with van der Waals surface area (Å²) in [5, 5.41) is 2.26. The summed E-state index contributed by atoms with van der Waals surface area (Å²) in [7, 11) is 0. The van der Waals surface area contributed by atoms with Gasteiger partial charge in [0.15, 0.2) is 5.34 Å². The molecule has 0 aromatic rings. The van der Waals surface area contributed by atoms with Crippen molar-refractivity contribution in [1.82, 2.24) is 0 Å². The zero-order valence-corrected chi connectivity index (χ0v) is 15.2. The first kappa shape index (κ1) is 23.6. The fourth-order valence-electron chi connectivity index (χ4n) is 1.09. The van der Waals surface area contributed by atoms with Crippen LogP contribution in [0, 0.1) is 4.91 Å². The average molecular weight is 333 g/mol. The molecule has 0 spiro atoms. The average Bonchev–Trinajstić information content (AvgIpc) is 2.53. The van der Waals surface area contributed by atoms with Gasteiger partial charge in [-0.1, -0.05) is 20.8 Å². The largest absolute Gasteiger partial charge is 0.463 e. The molecule has 0 saturated heterocycles. The molecule has 7 nitrogen and oxygen atoms in total. The van der Waals surface area contributed by atoms with Crippen LogP contribution in [0.15, 0.2) is 5.34 Å². The third-order valence-electron chi connectivity index (χ3n) is 3.15. The van der Waals surface area contributed by atoms with E-state index in [2.05, 4.69) is 10.2 Å². The summed E-state index contributed by atoms with van der Waals surface area (Å²) in [6.45, 7) is 11.3. The molecule has 0 N–H and O–H groups in total. The number of carbonyl (C=O) groups is 2. The van der Waals surface area contributed by atoms with E-state index in [4.69, 9.17) is 9.47 Å². The Hall–Kier alpha value is -1.66. The maximum absolute atomic E-state index is 11.2. The Labute approximate surface area is 139 Å². The molecular weight excluding hydrogens is 302 g/mol. The second-order valence-corrected chi connectivity index (χ2v) is 5.32. The molecule has 23 heavy (non-hydrogen) atoms. The number of rotatable bonds is 10. The third kappa shape index (κ3) is 16.5. The van der Waals surface area contributed by atoms with Gasteiger partial charge in [0.05, 0.1) is 25.0 Å². The van der Waals surface area contributed by atoms with Crippen molar-refractivity contribution >= 4 is 11.9 Å². The summed E-state index contributed by atoms with van der Waals surface area (Å²) in [6.07, 6.45) is 2.38. The summed E-state index contributed by atoms with van der Waals surface area (Å²) in [5.74, 6) is -0.675. The number of esters is 2. The van der Waals surface area contributed by atoms with E-state index in [9.17, 15) is 14.5 Å². The molecule has 0 fully saturated rings. The zero-order valence-electron chi connectivity index (χ0n) is 15.2. The van der Waals surface area contributed by atoms with Crippen molar-refractivity contribution < 1.29 is 23.9 Å². The highest BCUT2D eigenvalue weighted by molar-refractivity contribution is 5.77. The molecule has 0 aliphatic rings. The highest BCUT2D eigenvalue weighted by atomic mass is 16.7. The number of hydrogen-bond donors (Lipinski definition) is 0. The fraction of sp³-hybridized carbons (Fsp3) is 0.875. The highest BCUT2D eigenvalue weighted by Gasteiger charge is 2.13. The summed E-state index contributed by atoms with van der Waals surface area (Å²) in [4.78, 5) is 36.0. The molecule has 3 atom stereocenters. The molecular formula is C16H31NO6. The van der Waals surface area contributed by atoms with Gasteiger partial charge in [0.1, 0.15) is 6.10 Å². The van der Waals surface area contributed by atoms with E-state index in [1.807, 2.05) is 34.6 Å². The van der Waals surface area contributed by atoms with Crippen LogP contribution < -0.4 is 0 Å². The highest BCUT2D eigenvalue weighted by Crippen LogP contribution is 2.04. The Bertz CT molecular complexity index is 311. The minimum atomic E-state index is -0.338. The molecule has 7 heteroatoms. The molecule has 0 aromatic heterocycles. The molecule has 3 unspecified atom stereocenters. The first-order valence-electron chi connectivity index (χ1n) is 8.17. The molecule has 0 rings (SSSR count). The van der Waals surface area contributed by atoms with Crippen molar-refractivity contribution in [1.29, 1.82) is 0 Å². The number of hydrogen-bond acceptors (Lipinski definition) is 7. The minimum Gasteiger partial charge on any atom is -0.463 e. The maximum Gasteiger partial charge on any atom is 0.306 e. The molecule has 0 heterocycles. The van der Waals surface area contributed by atoms with Gasteiger partial charge in [-0.25, -0.2) is 0 Å². The Morgan fingerprint density at radius 1 is 0.783 bits per heavy atom. The zero-order chi connectivity index (χ0) is 18.3. The van der Waals surface area contributed by atoms with Gasteiger partial charge in [-0.15, -0.1) is 4.91 Å². The molecule has 0 amide bonds. The predicted octanol–water partition coefficient (Wildman–Crippen LogP) is 3.93. The quantitative estimate of drug-likeness (QED) is 0.342. The van der Waals surface area contributed by atoms with Crippen molar-refractivity contribution in [2.45, 2.75) is 92.0 Å². The lowest BCUT2D eigenvalue weighted by atomic mass is 10.3. The van der Waals surface area contributed by atoms with Gasteiger partial charge >= 0.3 is 11.9 Å². The van der Waals surface area contributed by atoms with E-state index in [-0.39, 0.29) is 43.1 Å². The van der Waals surface area contributed by atoms with E-state index in [0.29, 0.717) is 0 Å². The van der Waals surface area contributed by atoms with Crippen LogP contribution in [0.1, 0.15) is 73.6 Å². The topological polar surface area (TPSA) is 91.3 Å².